The van der Waals surface area contributed by atoms with E-state index in [0.717, 1.165) is 18.4 Å². The third kappa shape index (κ3) is 4.78. The minimum absolute atomic E-state index is 0.0226. The van der Waals surface area contributed by atoms with Gasteiger partial charge in [0, 0.05) is 18.7 Å². The first-order valence-electron chi connectivity index (χ1n) is 10.3. The van der Waals surface area contributed by atoms with E-state index in [1.165, 1.54) is 12.1 Å². The van der Waals surface area contributed by atoms with E-state index in [0.29, 0.717) is 35.8 Å². The molecule has 1 saturated heterocycles. The summed E-state index contributed by atoms with van der Waals surface area (Å²) in [5, 5.41) is 0. The lowest BCUT2D eigenvalue weighted by molar-refractivity contribution is -0.0123. The van der Waals surface area contributed by atoms with Crippen molar-refractivity contribution in [3.63, 3.8) is 0 Å². The predicted molar refractivity (Wildman–Crippen MR) is 110 cm³/mol. The number of hydrogen-bond acceptors (Lipinski definition) is 2. The summed E-state index contributed by atoms with van der Waals surface area (Å²) in [5.41, 5.74) is 1.59. The number of rotatable bonds is 5. The van der Waals surface area contributed by atoms with Crippen molar-refractivity contribution in [2.24, 2.45) is 5.92 Å². The molecule has 1 aliphatic rings. The molecule has 0 bridgehead atoms. The molecule has 0 N–H and O–H groups in total. The molecule has 2 nitrogen and oxygen atoms in total. The van der Waals surface area contributed by atoms with Crippen LogP contribution in [0.25, 0.3) is 11.1 Å². The van der Waals surface area contributed by atoms with Gasteiger partial charge < -0.3 is 9.47 Å². The smallest absolute Gasteiger partial charge is 0.194 e. The Morgan fingerprint density at radius 3 is 2.00 bits per heavy atom. The Morgan fingerprint density at radius 2 is 1.44 bits per heavy atom. The van der Waals surface area contributed by atoms with Crippen molar-refractivity contribution in [1.29, 1.82) is 0 Å². The molecule has 7 heteroatoms. The molecule has 32 heavy (non-hydrogen) atoms. The summed E-state index contributed by atoms with van der Waals surface area (Å²) in [6, 6.07) is 10.9. The molecule has 1 heterocycles. The van der Waals surface area contributed by atoms with E-state index in [2.05, 4.69) is 6.92 Å². The van der Waals surface area contributed by atoms with Gasteiger partial charge in [-0.05, 0) is 47.6 Å². The SMILES string of the molecule is CC1CCC(c2ccc(-c3cc(F)c(COc4cc(F)c(F)c(F)c4)c(F)c3)cc2)OC1. The molecule has 3 aromatic carbocycles. The fraction of sp³-hybridized carbons (Fsp3) is 0.280. The summed E-state index contributed by atoms with van der Waals surface area (Å²) in [4.78, 5) is 0. The minimum atomic E-state index is -1.64. The third-order valence-electron chi connectivity index (χ3n) is 5.60. The fourth-order valence-corrected chi connectivity index (χ4v) is 3.71. The molecule has 0 amide bonds. The molecular weight excluding hydrogens is 427 g/mol. The molecule has 0 saturated carbocycles. The highest BCUT2D eigenvalue weighted by atomic mass is 19.2. The maximum atomic E-state index is 14.6. The molecule has 0 spiro atoms. The summed E-state index contributed by atoms with van der Waals surface area (Å²) >= 11 is 0. The largest absolute Gasteiger partial charge is 0.488 e. The van der Waals surface area contributed by atoms with Crippen LogP contribution >= 0.6 is 0 Å². The van der Waals surface area contributed by atoms with Crippen LogP contribution in [-0.4, -0.2) is 6.61 Å². The normalized spacial score (nSPS) is 18.6. The quantitative estimate of drug-likeness (QED) is 0.306. The van der Waals surface area contributed by atoms with Gasteiger partial charge in [0.25, 0.3) is 0 Å². The maximum Gasteiger partial charge on any atom is 0.194 e. The zero-order valence-electron chi connectivity index (χ0n) is 17.3. The van der Waals surface area contributed by atoms with Crippen molar-refractivity contribution in [2.45, 2.75) is 32.5 Å². The number of halogens is 5. The van der Waals surface area contributed by atoms with Crippen molar-refractivity contribution in [3.8, 4) is 16.9 Å². The molecule has 4 rings (SSSR count). The molecule has 1 aliphatic heterocycles. The lowest BCUT2D eigenvalue weighted by atomic mass is 9.94. The predicted octanol–water partition coefficient (Wildman–Crippen LogP) is 7.12. The molecule has 1 fully saturated rings. The third-order valence-corrected chi connectivity index (χ3v) is 5.60. The van der Waals surface area contributed by atoms with Crippen molar-refractivity contribution in [1.82, 2.24) is 0 Å². The van der Waals surface area contributed by atoms with Crippen LogP contribution in [0.2, 0.25) is 0 Å². The van der Waals surface area contributed by atoms with Gasteiger partial charge in [0.15, 0.2) is 17.5 Å². The van der Waals surface area contributed by atoms with Crippen LogP contribution in [0.5, 0.6) is 5.75 Å². The number of hydrogen-bond donors (Lipinski definition) is 0. The summed E-state index contributed by atoms with van der Waals surface area (Å²) in [6.07, 6.45) is 2.04. The van der Waals surface area contributed by atoms with Crippen LogP contribution in [-0.2, 0) is 11.3 Å². The molecule has 2 atom stereocenters. The Balaban J connectivity index is 1.49. The van der Waals surface area contributed by atoms with Crippen molar-refractivity contribution in [3.05, 3.63) is 88.7 Å². The molecule has 0 aromatic heterocycles. The Bertz CT molecular complexity index is 1060. The first-order chi connectivity index (χ1) is 15.3. The van der Waals surface area contributed by atoms with Crippen LogP contribution in [0.4, 0.5) is 22.0 Å². The summed E-state index contributed by atoms with van der Waals surface area (Å²) < 4.78 is 79.7. The second-order valence-corrected chi connectivity index (χ2v) is 8.03. The van der Waals surface area contributed by atoms with Gasteiger partial charge >= 0.3 is 0 Å². The summed E-state index contributed by atoms with van der Waals surface area (Å²) in [6.45, 7) is 2.25. The Morgan fingerprint density at radius 1 is 0.812 bits per heavy atom. The average molecular weight is 448 g/mol. The Hall–Kier alpha value is -2.93. The number of benzene rings is 3. The van der Waals surface area contributed by atoms with Crippen LogP contribution in [0.3, 0.4) is 0 Å². The first-order valence-corrected chi connectivity index (χ1v) is 10.3. The van der Waals surface area contributed by atoms with Gasteiger partial charge in [-0.25, -0.2) is 22.0 Å². The zero-order valence-corrected chi connectivity index (χ0v) is 17.3. The Kier molecular flexibility index (Phi) is 6.46. The summed E-state index contributed by atoms with van der Waals surface area (Å²) in [5.74, 6) is -6.11. The van der Waals surface area contributed by atoms with Gasteiger partial charge in [0.1, 0.15) is 24.0 Å². The van der Waals surface area contributed by atoms with E-state index in [1.54, 1.807) is 12.1 Å². The molecule has 0 radical (unpaired) electrons. The van der Waals surface area contributed by atoms with E-state index in [4.69, 9.17) is 9.47 Å². The molecule has 168 valence electrons. The highest BCUT2D eigenvalue weighted by molar-refractivity contribution is 5.64. The second-order valence-electron chi connectivity index (χ2n) is 8.03. The van der Waals surface area contributed by atoms with Crippen LogP contribution in [0.1, 0.15) is 37.0 Å². The molecule has 2 unspecified atom stereocenters. The maximum absolute atomic E-state index is 14.6. The van der Waals surface area contributed by atoms with Crippen molar-refractivity contribution < 1.29 is 31.4 Å². The van der Waals surface area contributed by atoms with Crippen LogP contribution in [0.15, 0.2) is 48.5 Å². The van der Waals surface area contributed by atoms with Gasteiger partial charge in [-0.2, -0.15) is 0 Å². The molecular formula is C25H21F5O2. The van der Waals surface area contributed by atoms with Crippen LogP contribution in [0, 0.1) is 35.0 Å². The van der Waals surface area contributed by atoms with Gasteiger partial charge in [-0.15, -0.1) is 0 Å². The lowest BCUT2D eigenvalue weighted by Gasteiger charge is -2.27. The van der Waals surface area contributed by atoms with Gasteiger partial charge in [0.05, 0.1) is 11.7 Å². The fourth-order valence-electron chi connectivity index (χ4n) is 3.71. The summed E-state index contributed by atoms with van der Waals surface area (Å²) in [7, 11) is 0. The molecule has 0 aliphatic carbocycles. The lowest BCUT2D eigenvalue weighted by Crippen LogP contribution is -2.18. The van der Waals surface area contributed by atoms with Crippen molar-refractivity contribution in [2.75, 3.05) is 6.61 Å². The number of ether oxygens (including phenoxy) is 2. The zero-order chi connectivity index (χ0) is 22.8. The van der Waals surface area contributed by atoms with E-state index in [9.17, 15) is 22.0 Å². The average Bonchev–Trinajstić information content (AvgIpc) is 2.77. The van der Waals surface area contributed by atoms with Gasteiger partial charge in [-0.3, -0.25) is 0 Å². The van der Waals surface area contributed by atoms with Gasteiger partial charge in [0.2, 0.25) is 0 Å². The monoisotopic (exact) mass is 448 g/mol. The highest BCUT2D eigenvalue weighted by Gasteiger charge is 2.20. The minimum Gasteiger partial charge on any atom is -0.488 e. The van der Waals surface area contributed by atoms with E-state index in [1.807, 2.05) is 12.1 Å². The van der Waals surface area contributed by atoms with E-state index < -0.39 is 41.3 Å². The van der Waals surface area contributed by atoms with E-state index in [-0.39, 0.29) is 11.9 Å². The van der Waals surface area contributed by atoms with Crippen molar-refractivity contribution >= 4 is 0 Å². The topological polar surface area (TPSA) is 18.5 Å². The standard InChI is InChI=1S/C25H21F5O2/c1-14-2-7-24(32-12-14)16-5-3-15(4-6-16)17-8-20(26)19(21(27)9-17)13-31-18-10-22(28)25(30)23(29)11-18/h3-6,8-11,14,24H,2,7,12-13H2,1H3. The van der Waals surface area contributed by atoms with Gasteiger partial charge in [-0.1, -0.05) is 31.2 Å². The highest BCUT2D eigenvalue weighted by Crippen LogP contribution is 2.32. The Labute approximate surface area is 182 Å². The van der Waals surface area contributed by atoms with Crippen LogP contribution < -0.4 is 4.74 Å². The first kappa shape index (κ1) is 22.3. The van der Waals surface area contributed by atoms with E-state index >= 15 is 0 Å². The second kappa shape index (κ2) is 9.28. The molecule has 3 aromatic rings.